The molecular weight excluding hydrogens is 629 g/mol. The minimum Gasteiger partial charge on any atom is -0.497 e. The van der Waals surface area contributed by atoms with Crippen LogP contribution in [0.3, 0.4) is 0 Å². The number of nitro groups is 1. The number of rotatable bonds is 7. The molecule has 3 heterocycles. The first-order chi connectivity index (χ1) is 22.2. The number of carbonyl (C=O) groups is 3. The summed E-state index contributed by atoms with van der Waals surface area (Å²) in [4.78, 5) is 66.6. The van der Waals surface area contributed by atoms with Crippen LogP contribution in [-0.4, -0.2) is 39.6 Å². The second-order valence-electron chi connectivity index (χ2n) is 10.8. The molecule has 0 radical (unpaired) electrons. The number of nitro benzene ring substituents is 1. The summed E-state index contributed by atoms with van der Waals surface area (Å²) in [6, 6.07) is 25.6. The highest BCUT2D eigenvalue weighted by Crippen LogP contribution is 2.54. The molecule has 2 aliphatic heterocycles. The molecular formula is C33H24N4O7S2. The molecule has 46 heavy (non-hydrogen) atoms. The fourth-order valence-electron chi connectivity index (χ4n) is 6.01. The molecule has 230 valence electrons. The van der Waals surface area contributed by atoms with Crippen molar-refractivity contribution < 1.29 is 24.0 Å². The van der Waals surface area contributed by atoms with E-state index >= 15 is 0 Å². The summed E-state index contributed by atoms with van der Waals surface area (Å²) in [5.41, 5.74) is 1.34. The highest BCUT2D eigenvalue weighted by molar-refractivity contribution is 8.00. The number of nitrogens with zero attached hydrogens (tertiary/aromatic N) is 3. The van der Waals surface area contributed by atoms with E-state index in [4.69, 9.17) is 4.74 Å². The Hall–Kier alpha value is -5.27. The van der Waals surface area contributed by atoms with Crippen molar-refractivity contribution in [3.63, 3.8) is 0 Å². The van der Waals surface area contributed by atoms with Gasteiger partial charge in [0.2, 0.25) is 17.7 Å². The van der Waals surface area contributed by atoms with Gasteiger partial charge in [-0.2, -0.15) is 0 Å². The maximum absolute atomic E-state index is 14.0. The van der Waals surface area contributed by atoms with E-state index in [0.717, 1.165) is 38.8 Å². The lowest BCUT2D eigenvalue weighted by Gasteiger charge is -2.30. The third kappa shape index (κ3) is 5.03. The Kier molecular flexibility index (Phi) is 7.41. The van der Waals surface area contributed by atoms with Crippen molar-refractivity contribution in [3.8, 4) is 5.75 Å². The molecule has 4 aromatic carbocycles. The Bertz CT molecular complexity index is 2110. The molecule has 3 amide bonds. The largest absolute Gasteiger partial charge is 0.497 e. The number of thioether (sulfide) groups is 1. The maximum Gasteiger partial charge on any atom is 0.308 e. The van der Waals surface area contributed by atoms with Gasteiger partial charge in [-0.3, -0.25) is 33.9 Å². The van der Waals surface area contributed by atoms with Crippen molar-refractivity contribution in [1.29, 1.82) is 0 Å². The highest BCUT2D eigenvalue weighted by Gasteiger charge is 2.56. The van der Waals surface area contributed by atoms with Crippen LogP contribution in [0.4, 0.5) is 17.1 Å². The summed E-state index contributed by atoms with van der Waals surface area (Å²) in [5.74, 6) is -2.29. The van der Waals surface area contributed by atoms with Gasteiger partial charge in [-0.05, 0) is 52.7 Å². The van der Waals surface area contributed by atoms with Gasteiger partial charge >= 0.3 is 4.87 Å². The first kappa shape index (κ1) is 29.4. The monoisotopic (exact) mass is 652 g/mol. The molecule has 1 fully saturated rings. The van der Waals surface area contributed by atoms with E-state index in [1.165, 1.54) is 35.9 Å². The molecule has 1 aromatic heterocycles. The molecule has 0 bridgehead atoms. The lowest BCUT2D eigenvalue weighted by Crippen LogP contribution is -2.33. The Morgan fingerprint density at radius 1 is 0.935 bits per heavy atom. The number of non-ortho nitro benzene ring substituents is 1. The van der Waals surface area contributed by atoms with Gasteiger partial charge in [-0.15, -0.1) is 0 Å². The minimum atomic E-state index is -0.897. The summed E-state index contributed by atoms with van der Waals surface area (Å²) in [7, 11) is 1.54. The molecule has 13 heteroatoms. The minimum absolute atomic E-state index is 0.168. The molecule has 3 atom stereocenters. The summed E-state index contributed by atoms with van der Waals surface area (Å²) in [6.07, 6.45) is 0. The molecule has 0 spiro atoms. The molecule has 0 aliphatic carbocycles. The van der Waals surface area contributed by atoms with Gasteiger partial charge in [0.1, 0.15) is 17.5 Å². The van der Waals surface area contributed by atoms with Gasteiger partial charge in [-0.1, -0.05) is 65.6 Å². The van der Waals surface area contributed by atoms with E-state index in [2.05, 4.69) is 5.32 Å². The topological polar surface area (TPSA) is 141 Å². The van der Waals surface area contributed by atoms with Crippen LogP contribution in [0.1, 0.15) is 16.4 Å². The summed E-state index contributed by atoms with van der Waals surface area (Å²) in [6.45, 7) is -0.286. The molecule has 0 saturated carbocycles. The molecule has 7 rings (SSSR count). The first-order valence-electron chi connectivity index (χ1n) is 14.2. The van der Waals surface area contributed by atoms with E-state index in [9.17, 15) is 29.3 Å². The second kappa shape index (κ2) is 11.6. The van der Waals surface area contributed by atoms with Crippen LogP contribution in [0.2, 0.25) is 0 Å². The van der Waals surface area contributed by atoms with Crippen LogP contribution in [0.15, 0.2) is 101 Å². The Labute approximate surface area is 269 Å². The van der Waals surface area contributed by atoms with E-state index in [1.54, 1.807) is 30.3 Å². The number of fused-ring (bicyclic) bond motifs is 3. The van der Waals surface area contributed by atoms with E-state index in [0.29, 0.717) is 26.9 Å². The number of aromatic nitrogens is 1. The Balaban J connectivity index is 1.25. The number of ether oxygens (including phenoxy) is 1. The predicted molar refractivity (Wildman–Crippen MR) is 175 cm³/mol. The van der Waals surface area contributed by atoms with Crippen LogP contribution in [0.25, 0.3) is 10.8 Å². The number of hydrogen-bond donors (Lipinski definition) is 1. The number of methoxy groups -OCH3 is 1. The summed E-state index contributed by atoms with van der Waals surface area (Å²) < 4.78 is 6.68. The average molecular weight is 653 g/mol. The fourth-order valence-corrected chi connectivity index (χ4v) is 8.79. The van der Waals surface area contributed by atoms with Gasteiger partial charge < -0.3 is 10.1 Å². The summed E-state index contributed by atoms with van der Waals surface area (Å²) >= 11 is 2.05. The number of anilines is 2. The van der Waals surface area contributed by atoms with E-state index in [-0.39, 0.29) is 22.8 Å². The zero-order valence-electron chi connectivity index (χ0n) is 24.1. The van der Waals surface area contributed by atoms with E-state index < -0.39 is 39.7 Å². The van der Waals surface area contributed by atoms with Gasteiger partial charge in [0.15, 0.2) is 0 Å². The number of nitrogens with one attached hydrogen (secondary N) is 1. The number of carbonyl (C=O) groups excluding carboxylic acids is 3. The lowest BCUT2D eigenvalue weighted by molar-refractivity contribution is -0.384. The van der Waals surface area contributed by atoms with Crippen molar-refractivity contribution in [2.75, 3.05) is 17.3 Å². The quantitative estimate of drug-likeness (QED) is 0.140. The van der Waals surface area contributed by atoms with Crippen LogP contribution in [0, 0.1) is 16.0 Å². The van der Waals surface area contributed by atoms with Crippen molar-refractivity contribution in [3.05, 3.63) is 121 Å². The molecule has 1 N–H and O–H groups in total. The molecule has 1 saturated heterocycles. The van der Waals surface area contributed by atoms with Gasteiger partial charge in [0.25, 0.3) is 5.69 Å². The van der Waals surface area contributed by atoms with Gasteiger partial charge in [-0.25, -0.2) is 4.90 Å². The SMILES string of the molecule is COc1ccc([C@@H]2c3sc(=O)n(CC(=O)Nc4ccc5ccccc5c4)c3S[C@H]3C(=O)N(c4ccc([N+](=O)[O-])cc4)C(=O)[C@@H]23)cc1. The standard InChI is InChI=1S/C33H24N4O7S2/c1-44-24-14-7-19(8-15-24)26-27-28(31(40)36(30(27)39)22-10-12-23(13-11-22)37(42)43)45-32-29(26)46-33(41)35(32)17-25(38)34-21-9-6-18-4-2-3-5-20(18)16-21/h2-16,26-28H,17H2,1H3,(H,34,38)/t26-,27-,28+/m0/s1. The highest BCUT2D eigenvalue weighted by atomic mass is 32.2. The Morgan fingerprint density at radius 3 is 2.35 bits per heavy atom. The van der Waals surface area contributed by atoms with Crippen molar-refractivity contribution >= 4 is 68.7 Å². The molecule has 0 unspecified atom stereocenters. The number of hydrogen-bond acceptors (Lipinski definition) is 9. The van der Waals surface area contributed by atoms with Crippen LogP contribution in [0.5, 0.6) is 5.75 Å². The Morgan fingerprint density at radius 2 is 1.65 bits per heavy atom. The third-order valence-electron chi connectivity index (χ3n) is 8.18. The number of imide groups is 1. The van der Waals surface area contributed by atoms with Crippen LogP contribution in [-0.2, 0) is 20.9 Å². The zero-order chi connectivity index (χ0) is 32.1. The zero-order valence-corrected chi connectivity index (χ0v) is 25.7. The summed E-state index contributed by atoms with van der Waals surface area (Å²) in [5, 5.41) is 15.6. The van der Waals surface area contributed by atoms with Crippen molar-refractivity contribution in [1.82, 2.24) is 4.57 Å². The van der Waals surface area contributed by atoms with Crippen molar-refractivity contribution in [2.45, 2.75) is 22.7 Å². The van der Waals surface area contributed by atoms with Crippen LogP contribution >= 0.6 is 23.1 Å². The van der Waals surface area contributed by atoms with E-state index in [1.807, 2.05) is 36.4 Å². The number of benzene rings is 4. The average Bonchev–Trinajstić information content (AvgIpc) is 3.50. The fraction of sp³-hybridized carbons (Fsp3) is 0.152. The normalized spacial score (nSPS) is 18.7. The van der Waals surface area contributed by atoms with Gasteiger partial charge in [0.05, 0.1) is 28.7 Å². The molecule has 2 aliphatic rings. The lowest BCUT2D eigenvalue weighted by atomic mass is 9.83. The van der Waals surface area contributed by atoms with Crippen molar-refractivity contribution in [2.24, 2.45) is 5.92 Å². The predicted octanol–water partition coefficient (Wildman–Crippen LogP) is 5.41. The number of amides is 3. The maximum atomic E-state index is 14.0. The third-order valence-corrected chi connectivity index (χ3v) is 10.8. The number of thiazole rings is 1. The molecule has 5 aromatic rings. The van der Waals surface area contributed by atoms with Gasteiger partial charge in [0, 0.05) is 28.6 Å². The first-order valence-corrected chi connectivity index (χ1v) is 15.9. The smallest absolute Gasteiger partial charge is 0.308 e. The van der Waals surface area contributed by atoms with Crippen LogP contribution < -0.4 is 19.8 Å². The second-order valence-corrected chi connectivity index (χ2v) is 13.0. The molecule has 11 nitrogen and oxygen atoms in total.